The highest BCUT2D eigenvalue weighted by atomic mass is 19.4. The minimum absolute atomic E-state index is 0.0465. The lowest BCUT2D eigenvalue weighted by Gasteiger charge is -2.40. The van der Waals surface area contributed by atoms with Crippen LogP contribution in [-0.4, -0.2) is 81.4 Å². The number of benzene rings is 2. The van der Waals surface area contributed by atoms with Gasteiger partial charge in [-0.05, 0) is 43.5 Å². The molecular formula is C33H34F3N7O4. The van der Waals surface area contributed by atoms with E-state index in [1.165, 1.54) is 19.2 Å². The molecule has 246 valence electrons. The number of H-pyrrole nitrogens is 1. The standard InChI is InChI=1S/C33H34F3N7O4/c1-45-22-7-8-25-27(15-22)43(32(41-25)33(34,35)36)17-29(44)42-11-9-20(38-21-10-12-47-18-21)14-28(42)30-37-16-26(39-30)23-13-19-5-3-4-6-24(19)40-31(23)46-2/h3-8,13,15-16,20-21,28,38H,9-12,14,17-18H2,1-2H3,(H,37,39)/t20-,21?,28+/m1/s1. The highest BCUT2D eigenvalue weighted by molar-refractivity contribution is 5.85. The zero-order valence-electron chi connectivity index (χ0n) is 25.9. The second-order valence-electron chi connectivity index (χ2n) is 11.8. The van der Waals surface area contributed by atoms with E-state index in [1.54, 1.807) is 24.3 Å². The van der Waals surface area contributed by atoms with E-state index in [0.29, 0.717) is 61.3 Å². The number of alkyl halides is 3. The molecule has 2 N–H and O–H groups in total. The van der Waals surface area contributed by atoms with Gasteiger partial charge in [0.05, 0.1) is 60.9 Å². The maximum Gasteiger partial charge on any atom is 0.449 e. The fourth-order valence-corrected chi connectivity index (χ4v) is 6.60. The third kappa shape index (κ3) is 6.10. The summed E-state index contributed by atoms with van der Waals surface area (Å²) in [6, 6.07) is 13.8. The van der Waals surface area contributed by atoms with E-state index in [1.807, 2.05) is 30.3 Å². The van der Waals surface area contributed by atoms with Crippen molar-refractivity contribution in [1.29, 1.82) is 0 Å². The average Bonchev–Trinajstić information content (AvgIpc) is 3.85. The van der Waals surface area contributed by atoms with Crippen LogP contribution >= 0.6 is 0 Å². The molecule has 0 radical (unpaired) electrons. The first-order valence-electron chi connectivity index (χ1n) is 15.5. The number of halogens is 3. The average molecular weight is 650 g/mol. The van der Waals surface area contributed by atoms with Crippen molar-refractivity contribution in [3.05, 3.63) is 66.4 Å². The van der Waals surface area contributed by atoms with Crippen LogP contribution in [0.3, 0.4) is 0 Å². The Morgan fingerprint density at radius 3 is 2.68 bits per heavy atom. The van der Waals surface area contributed by atoms with Crippen molar-refractivity contribution in [3.63, 3.8) is 0 Å². The lowest BCUT2D eigenvalue weighted by Crippen LogP contribution is -2.50. The number of amides is 1. The quantitative estimate of drug-likeness (QED) is 0.238. The molecule has 11 nitrogen and oxygen atoms in total. The summed E-state index contributed by atoms with van der Waals surface area (Å²) in [5.41, 5.74) is 2.41. The van der Waals surface area contributed by atoms with E-state index in [2.05, 4.69) is 20.3 Å². The number of pyridine rings is 1. The van der Waals surface area contributed by atoms with E-state index in [9.17, 15) is 18.0 Å². The number of aromatic amines is 1. The van der Waals surface area contributed by atoms with Crippen LogP contribution in [0.5, 0.6) is 11.6 Å². The molecular weight excluding hydrogens is 615 g/mol. The fraction of sp³-hybridized carbons (Fsp3) is 0.394. The number of nitrogens with zero attached hydrogens (tertiary/aromatic N) is 5. The minimum atomic E-state index is -4.77. The van der Waals surface area contributed by atoms with Crippen LogP contribution in [0.2, 0.25) is 0 Å². The zero-order chi connectivity index (χ0) is 32.7. The topological polar surface area (TPSA) is 119 Å². The molecule has 2 aliphatic heterocycles. The summed E-state index contributed by atoms with van der Waals surface area (Å²) in [4.78, 5) is 32.2. The number of piperidine rings is 1. The molecule has 2 aliphatic rings. The molecule has 5 heterocycles. The molecule has 2 fully saturated rings. The summed E-state index contributed by atoms with van der Waals surface area (Å²) < 4.78 is 59.9. The first-order chi connectivity index (χ1) is 22.7. The van der Waals surface area contributed by atoms with Gasteiger partial charge >= 0.3 is 6.18 Å². The van der Waals surface area contributed by atoms with E-state index in [4.69, 9.17) is 19.2 Å². The number of ether oxygens (including phenoxy) is 3. The molecule has 3 atom stereocenters. The molecule has 0 aliphatic carbocycles. The zero-order valence-corrected chi connectivity index (χ0v) is 25.9. The summed E-state index contributed by atoms with van der Waals surface area (Å²) in [6.45, 7) is 1.07. The van der Waals surface area contributed by atoms with Gasteiger partial charge in [0.15, 0.2) is 0 Å². The molecule has 0 bridgehead atoms. The lowest BCUT2D eigenvalue weighted by atomic mass is 9.95. The number of para-hydroxylation sites is 1. The van der Waals surface area contributed by atoms with Gasteiger partial charge in [-0.3, -0.25) is 4.79 Å². The number of aromatic nitrogens is 5. The number of likely N-dealkylation sites (tertiary alicyclic amines) is 1. The van der Waals surface area contributed by atoms with Gasteiger partial charge in [-0.15, -0.1) is 0 Å². The minimum Gasteiger partial charge on any atom is -0.497 e. The van der Waals surface area contributed by atoms with Crippen molar-refractivity contribution in [2.45, 2.75) is 50.1 Å². The number of hydrogen-bond donors (Lipinski definition) is 2. The Kier molecular flexibility index (Phi) is 8.22. The van der Waals surface area contributed by atoms with Crippen LogP contribution in [0, 0.1) is 0 Å². The highest BCUT2D eigenvalue weighted by Gasteiger charge is 2.40. The predicted molar refractivity (Wildman–Crippen MR) is 167 cm³/mol. The Morgan fingerprint density at radius 2 is 1.91 bits per heavy atom. The Bertz CT molecular complexity index is 1920. The van der Waals surface area contributed by atoms with Crippen LogP contribution in [0.25, 0.3) is 33.2 Å². The molecule has 0 spiro atoms. The summed E-state index contributed by atoms with van der Waals surface area (Å²) in [6.07, 6.45) is -1.08. The summed E-state index contributed by atoms with van der Waals surface area (Å²) in [7, 11) is 2.98. The van der Waals surface area contributed by atoms with Gasteiger partial charge in [0.2, 0.25) is 17.6 Å². The molecule has 0 saturated carbocycles. The number of rotatable bonds is 8. The number of hydrogen-bond acceptors (Lipinski definition) is 8. The number of nitrogens with one attached hydrogen (secondary N) is 2. The van der Waals surface area contributed by atoms with Crippen LogP contribution in [0.4, 0.5) is 13.2 Å². The van der Waals surface area contributed by atoms with E-state index < -0.39 is 30.5 Å². The molecule has 14 heteroatoms. The van der Waals surface area contributed by atoms with Gasteiger partial charge in [0.25, 0.3) is 0 Å². The second-order valence-corrected chi connectivity index (χ2v) is 11.8. The number of fused-ring (bicyclic) bond motifs is 2. The van der Waals surface area contributed by atoms with Crippen LogP contribution in [0.1, 0.15) is 37.0 Å². The van der Waals surface area contributed by atoms with E-state index >= 15 is 0 Å². The van der Waals surface area contributed by atoms with Crippen LogP contribution in [0.15, 0.2) is 54.7 Å². The molecule has 1 unspecified atom stereocenters. The van der Waals surface area contributed by atoms with E-state index in [0.717, 1.165) is 21.9 Å². The van der Waals surface area contributed by atoms with E-state index in [-0.39, 0.29) is 23.1 Å². The number of carbonyl (C=O) groups is 1. The fourth-order valence-electron chi connectivity index (χ4n) is 6.60. The van der Waals surface area contributed by atoms with Crippen molar-refractivity contribution in [2.24, 2.45) is 0 Å². The van der Waals surface area contributed by atoms with Gasteiger partial charge in [-0.25, -0.2) is 15.0 Å². The van der Waals surface area contributed by atoms with Gasteiger partial charge in [0, 0.05) is 36.7 Å². The van der Waals surface area contributed by atoms with Crippen LogP contribution in [-0.2, 0) is 22.3 Å². The molecule has 1 amide bonds. The summed E-state index contributed by atoms with van der Waals surface area (Å²) in [5, 5.41) is 4.57. The molecule has 47 heavy (non-hydrogen) atoms. The van der Waals surface area contributed by atoms with Crippen LogP contribution < -0.4 is 14.8 Å². The second kappa shape index (κ2) is 12.5. The summed E-state index contributed by atoms with van der Waals surface area (Å²) >= 11 is 0. The van der Waals surface area contributed by atoms with Gasteiger partial charge < -0.3 is 34.0 Å². The van der Waals surface area contributed by atoms with Crippen molar-refractivity contribution in [1.82, 2.24) is 34.7 Å². The first kappa shape index (κ1) is 30.9. The molecule has 2 aromatic carbocycles. The van der Waals surface area contributed by atoms with Crippen molar-refractivity contribution in [3.8, 4) is 22.9 Å². The lowest BCUT2D eigenvalue weighted by molar-refractivity contribution is -0.148. The van der Waals surface area contributed by atoms with Crippen molar-refractivity contribution < 1.29 is 32.2 Å². The summed E-state index contributed by atoms with van der Waals surface area (Å²) in [5.74, 6) is -0.320. The Labute approximate surface area is 268 Å². The molecule has 2 saturated heterocycles. The monoisotopic (exact) mass is 649 g/mol. The first-order valence-corrected chi connectivity index (χ1v) is 15.5. The Morgan fingerprint density at radius 1 is 1.06 bits per heavy atom. The van der Waals surface area contributed by atoms with Crippen molar-refractivity contribution >= 4 is 27.8 Å². The maximum absolute atomic E-state index is 14.2. The largest absolute Gasteiger partial charge is 0.497 e. The number of methoxy groups -OCH3 is 2. The SMILES string of the molecule is COc1ccc2nc(C(F)(F)F)n(CC(=O)N3CC[C@@H](NC4CCOC4)C[C@H]3c3ncc(-c4cc5ccccc5nc4OC)[nH]3)c2c1. The normalized spacial score (nSPS) is 20.3. The number of carbonyl (C=O) groups excluding carboxylic acids is 1. The highest BCUT2D eigenvalue weighted by Crippen LogP contribution is 2.37. The third-order valence-corrected chi connectivity index (χ3v) is 8.91. The molecule has 5 aromatic rings. The number of imidazole rings is 2. The smallest absolute Gasteiger partial charge is 0.449 e. The van der Waals surface area contributed by atoms with Crippen molar-refractivity contribution in [2.75, 3.05) is 34.0 Å². The Hall–Kier alpha value is -4.69. The molecule has 3 aromatic heterocycles. The van der Waals surface area contributed by atoms with Gasteiger partial charge in [-0.1, -0.05) is 18.2 Å². The predicted octanol–water partition coefficient (Wildman–Crippen LogP) is 5.12. The molecule has 7 rings (SSSR count). The third-order valence-electron chi connectivity index (χ3n) is 8.91. The maximum atomic E-state index is 14.2. The van der Waals surface area contributed by atoms with Gasteiger partial charge in [-0.2, -0.15) is 13.2 Å². The van der Waals surface area contributed by atoms with Gasteiger partial charge in [0.1, 0.15) is 18.1 Å². The Balaban J connectivity index is 1.23.